The van der Waals surface area contributed by atoms with Gasteiger partial charge in [0.25, 0.3) is 0 Å². The third-order valence-corrected chi connectivity index (χ3v) is 7.94. The molecule has 3 saturated heterocycles. The fraction of sp³-hybridized carbons (Fsp3) is 0.387. The number of anilines is 1. The number of hydrogen-bond acceptors (Lipinski definition) is 3. The standard InChI is InChI=1S/C31H35F2N2O3/c1-23-7-5-8-26(19-23)34(21-24-11-12-28(32)29(33)20-24)31(36)38-30-22-35(16-13-25(30)14-17-35)15-6-18-37-27-9-3-2-4-10-27/h2-5,7-12,19-20,25,30H,6,13-18,21-22H2,1H3/q+1/t25?,30-,35?/m0/s1. The van der Waals surface area contributed by atoms with E-state index in [1.807, 2.05) is 61.5 Å². The van der Waals surface area contributed by atoms with Gasteiger partial charge in [0, 0.05) is 30.9 Å². The van der Waals surface area contributed by atoms with Gasteiger partial charge in [0.1, 0.15) is 12.3 Å². The third-order valence-electron chi connectivity index (χ3n) is 7.94. The molecule has 1 atom stereocenters. The highest BCUT2D eigenvalue weighted by Gasteiger charge is 2.47. The molecule has 0 aliphatic carbocycles. The van der Waals surface area contributed by atoms with Crippen LogP contribution in [0.2, 0.25) is 0 Å². The van der Waals surface area contributed by atoms with E-state index in [2.05, 4.69) is 0 Å². The predicted octanol–water partition coefficient (Wildman–Crippen LogP) is 6.49. The van der Waals surface area contributed by atoms with E-state index in [0.29, 0.717) is 23.8 Å². The van der Waals surface area contributed by atoms with E-state index in [-0.39, 0.29) is 12.6 Å². The number of carbonyl (C=O) groups is 1. The van der Waals surface area contributed by atoms with Crippen molar-refractivity contribution < 1.29 is 27.5 Å². The molecule has 200 valence electrons. The Balaban J connectivity index is 1.25. The van der Waals surface area contributed by atoms with Crippen molar-refractivity contribution in [2.24, 2.45) is 5.92 Å². The maximum absolute atomic E-state index is 13.9. The lowest BCUT2D eigenvalue weighted by molar-refractivity contribution is -0.946. The highest BCUT2D eigenvalue weighted by molar-refractivity contribution is 5.87. The summed E-state index contributed by atoms with van der Waals surface area (Å²) in [4.78, 5) is 15.1. The Labute approximate surface area is 223 Å². The van der Waals surface area contributed by atoms with Crippen LogP contribution in [-0.4, -0.2) is 49.5 Å². The van der Waals surface area contributed by atoms with E-state index in [0.717, 1.165) is 73.4 Å². The first-order valence-electron chi connectivity index (χ1n) is 13.4. The number of fused-ring (bicyclic) bond motifs is 3. The number of piperidine rings is 3. The van der Waals surface area contributed by atoms with E-state index in [4.69, 9.17) is 9.47 Å². The number of nitrogens with zero attached hydrogens (tertiary/aromatic N) is 2. The minimum Gasteiger partial charge on any atom is -0.493 e. The molecule has 3 aliphatic rings. The van der Waals surface area contributed by atoms with Crippen LogP contribution in [0.3, 0.4) is 0 Å². The number of benzene rings is 3. The average molecular weight is 522 g/mol. The Morgan fingerprint density at radius 1 is 0.974 bits per heavy atom. The normalized spacial score (nSPS) is 22.2. The Morgan fingerprint density at radius 3 is 2.50 bits per heavy atom. The van der Waals surface area contributed by atoms with Crippen molar-refractivity contribution in [2.75, 3.05) is 37.7 Å². The van der Waals surface area contributed by atoms with Gasteiger partial charge in [-0.2, -0.15) is 0 Å². The molecular formula is C31H35F2N2O3+. The number of para-hydroxylation sites is 1. The molecule has 3 fully saturated rings. The Bertz CT molecular complexity index is 1240. The molecule has 0 radical (unpaired) electrons. The van der Waals surface area contributed by atoms with Crippen molar-refractivity contribution in [1.29, 1.82) is 0 Å². The average Bonchev–Trinajstić information content (AvgIpc) is 2.93. The van der Waals surface area contributed by atoms with Crippen LogP contribution < -0.4 is 9.64 Å². The Kier molecular flexibility index (Phi) is 7.93. The smallest absolute Gasteiger partial charge is 0.415 e. The lowest BCUT2D eigenvalue weighted by Gasteiger charge is -2.52. The molecule has 2 bridgehead atoms. The molecule has 6 rings (SSSR count). The molecule has 5 nitrogen and oxygen atoms in total. The van der Waals surface area contributed by atoms with Crippen molar-refractivity contribution in [3.05, 3.63) is 95.6 Å². The van der Waals surface area contributed by atoms with Crippen LogP contribution in [0.1, 0.15) is 30.4 Å². The summed E-state index contributed by atoms with van der Waals surface area (Å²) in [5.41, 5.74) is 2.16. The highest BCUT2D eigenvalue weighted by atomic mass is 19.2. The largest absolute Gasteiger partial charge is 0.493 e. The number of halogens is 2. The summed E-state index contributed by atoms with van der Waals surface area (Å²) in [5.74, 6) is -0.606. The van der Waals surface area contributed by atoms with Gasteiger partial charge >= 0.3 is 6.09 Å². The number of aryl methyl sites for hydroxylation is 1. The first-order valence-corrected chi connectivity index (χ1v) is 13.4. The van der Waals surface area contributed by atoms with Crippen molar-refractivity contribution in [3.8, 4) is 5.75 Å². The first-order chi connectivity index (χ1) is 18.4. The van der Waals surface area contributed by atoms with Gasteiger partial charge in [-0.1, -0.05) is 36.4 Å². The fourth-order valence-electron chi connectivity index (χ4n) is 5.85. The van der Waals surface area contributed by atoms with Gasteiger partial charge in [0.2, 0.25) is 0 Å². The van der Waals surface area contributed by atoms with Crippen LogP contribution in [0, 0.1) is 24.5 Å². The zero-order valence-corrected chi connectivity index (χ0v) is 21.8. The van der Waals surface area contributed by atoms with E-state index < -0.39 is 17.7 Å². The summed E-state index contributed by atoms with van der Waals surface area (Å²) >= 11 is 0. The summed E-state index contributed by atoms with van der Waals surface area (Å²) in [7, 11) is 0. The topological polar surface area (TPSA) is 38.8 Å². The predicted molar refractivity (Wildman–Crippen MR) is 143 cm³/mol. The SMILES string of the molecule is Cc1cccc(N(Cc2ccc(F)c(F)c2)C(=O)O[C@H]2C[N+]3(CCCOc4ccccc4)CCC2CC3)c1. The summed E-state index contributed by atoms with van der Waals surface area (Å²) in [6.45, 7) is 6.69. The zero-order chi connectivity index (χ0) is 26.5. The lowest BCUT2D eigenvalue weighted by Crippen LogP contribution is -2.65. The minimum absolute atomic E-state index is 0.0910. The molecule has 3 aromatic carbocycles. The molecule has 0 N–H and O–H groups in total. The van der Waals surface area contributed by atoms with Gasteiger partial charge in [-0.15, -0.1) is 0 Å². The first kappa shape index (κ1) is 26.2. The van der Waals surface area contributed by atoms with Crippen LogP contribution in [0.25, 0.3) is 0 Å². The summed E-state index contributed by atoms with van der Waals surface area (Å²) in [6.07, 6.45) is 2.38. The van der Waals surface area contributed by atoms with Gasteiger partial charge in [-0.05, 0) is 54.4 Å². The molecule has 3 aliphatic heterocycles. The van der Waals surface area contributed by atoms with Gasteiger partial charge in [-0.3, -0.25) is 4.90 Å². The van der Waals surface area contributed by atoms with Gasteiger partial charge in [-0.25, -0.2) is 13.6 Å². The second-order valence-electron chi connectivity index (χ2n) is 10.6. The zero-order valence-electron chi connectivity index (χ0n) is 21.8. The monoisotopic (exact) mass is 521 g/mol. The number of quaternary nitrogens is 1. The molecule has 38 heavy (non-hydrogen) atoms. The van der Waals surface area contributed by atoms with Crippen LogP contribution in [-0.2, 0) is 11.3 Å². The molecule has 0 aromatic heterocycles. The Hall–Kier alpha value is -3.45. The maximum Gasteiger partial charge on any atom is 0.415 e. The van der Waals surface area contributed by atoms with Crippen molar-refractivity contribution in [2.45, 2.75) is 38.8 Å². The van der Waals surface area contributed by atoms with E-state index in [1.165, 1.54) is 11.0 Å². The molecular weight excluding hydrogens is 486 g/mol. The number of amides is 1. The van der Waals surface area contributed by atoms with Gasteiger partial charge in [0.05, 0.1) is 32.8 Å². The van der Waals surface area contributed by atoms with E-state index in [9.17, 15) is 13.6 Å². The number of ether oxygens (including phenoxy) is 2. The molecule has 0 spiro atoms. The van der Waals surface area contributed by atoms with Gasteiger partial charge in [0.15, 0.2) is 17.7 Å². The van der Waals surface area contributed by atoms with E-state index in [1.54, 1.807) is 0 Å². The van der Waals surface area contributed by atoms with Crippen molar-refractivity contribution >= 4 is 11.8 Å². The highest BCUT2D eigenvalue weighted by Crippen LogP contribution is 2.36. The quantitative estimate of drug-likeness (QED) is 0.239. The molecule has 1 amide bonds. The molecule has 7 heteroatoms. The number of rotatable bonds is 9. The molecule has 3 heterocycles. The second kappa shape index (κ2) is 11.5. The fourth-order valence-corrected chi connectivity index (χ4v) is 5.85. The summed E-state index contributed by atoms with van der Waals surface area (Å²) in [6, 6.07) is 21.1. The van der Waals surface area contributed by atoms with Crippen LogP contribution in [0.4, 0.5) is 19.3 Å². The van der Waals surface area contributed by atoms with Gasteiger partial charge < -0.3 is 14.0 Å². The summed E-state index contributed by atoms with van der Waals surface area (Å²) < 4.78 is 40.5. The van der Waals surface area contributed by atoms with Crippen LogP contribution in [0.15, 0.2) is 72.8 Å². The minimum atomic E-state index is -0.930. The number of carbonyl (C=O) groups excluding carboxylic acids is 1. The summed E-state index contributed by atoms with van der Waals surface area (Å²) in [5, 5.41) is 0. The van der Waals surface area contributed by atoms with E-state index >= 15 is 0 Å². The Morgan fingerprint density at radius 2 is 1.76 bits per heavy atom. The third kappa shape index (κ3) is 6.16. The molecule has 0 unspecified atom stereocenters. The van der Waals surface area contributed by atoms with Crippen LogP contribution >= 0.6 is 0 Å². The lowest BCUT2D eigenvalue weighted by atomic mass is 9.83. The van der Waals surface area contributed by atoms with Crippen molar-refractivity contribution in [3.63, 3.8) is 0 Å². The molecule has 0 saturated carbocycles. The second-order valence-corrected chi connectivity index (χ2v) is 10.6. The maximum atomic E-state index is 13.9. The van der Waals surface area contributed by atoms with Crippen molar-refractivity contribution in [1.82, 2.24) is 0 Å². The molecule has 3 aromatic rings. The van der Waals surface area contributed by atoms with Crippen LogP contribution in [0.5, 0.6) is 5.75 Å². The number of hydrogen-bond donors (Lipinski definition) is 0.